The van der Waals surface area contributed by atoms with Crippen LogP contribution < -0.4 is 5.32 Å². The molecule has 0 unspecified atom stereocenters. The molecule has 21 heavy (non-hydrogen) atoms. The number of aryl methyl sites for hydroxylation is 1. The molecule has 0 saturated carbocycles. The molecule has 0 aliphatic carbocycles. The highest BCUT2D eigenvalue weighted by Gasteiger charge is 2.17. The zero-order valence-electron chi connectivity index (χ0n) is 11.4. The molecule has 0 bridgehead atoms. The highest BCUT2D eigenvalue weighted by atomic mass is 79.9. The summed E-state index contributed by atoms with van der Waals surface area (Å²) in [7, 11) is 1.60. The highest BCUT2D eigenvalue weighted by molar-refractivity contribution is 9.08. The average Bonchev–Trinajstić information content (AvgIpc) is 2.87. The first kappa shape index (κ1) is 15.2. The molecule has 2 aromatic rings. The van der Waals surface area contributed by atoms with Gasteiger partial charge in [0.25, 0.3) is 11.6 Å². The molecular formula is C14H14BrN3O3. The Kier molecular flexibility index (Phi) is 4.74. The van der Waals surface area contributed by atoms with Crippen LogP contribution >= 0.6 is 15.9 Å². The van der Waals surface area contributed by atoms with E-state index in [0.29, 0.717) is 6.54 Å². The monoisotopic (exact) mass is 351 g/mol. The third-order valence-electron chi connectivity index (χ3n) is 3.03. The fourth-order valence-corrected chi connectivity index (χ4v) is 2.32. The molecule has 0 fully saturated rings. The summed E-state index contributed by atoms with van der Waals surface area (Å²) in [6.07, 6.45) is 1.32. The normalized spacial score (nSPS) is 10.4. The van der Waals surface area contributed by atoms with Crippen LogP contribution in [0.3, 0.4) is 0 Å². The van der Waals surface area contributed by atoms with Crippen LogP contribution in [-0.2, 0) is 18.9 Å². The molecule has 110 valence electrons. The lowest BCUT2D eigenvalue weighted by Crippen LogP contribution is -2.24. The van der Waals surface area contributed by atoms with Gasteiger partial charge in [0.15, 0.2) is 0 Å². The van der Waals surface area contributed by atoms with Gasteiger partial charge in [-0.1, -0.05) is 40.2 Å². The van der Waals surface area contributed by atoms with Gasteiger partial charge < -0.3 is 9.88 Å². The van der Waals surface area contributed by atoms with E-state index in [-0.39, 0.29) is 17.3 Å². The number of rotatable bonds is 5. The summed E-state index contributed by atoms with van der Waals surface area (Å²) >= 11 is 3.38. The summed E-state index contributed by atoms with van der Waals surface area (Å²) in [5, 5.41) is 14.2. The minimum atomic E-state index is -0.518. The van der Waals surface area contributed by atoms with Crippen molar-refractivity contribution in [2.75, 3.05) is 0 Å². The first-order valence-electron chi connectivity index (χ1n) is 6.24. The third-order valence-corrected chi connectivity index (χ3v) is 3.68. The lowest BCUT2D eigenvalue weighted by atomic mass is 10.1. The molecule has 1 heterocycles. The summed E-state index contributed by atoms with van der Waals surface area (Å²) < 4.78 is 1.45. The smallest absolute Gasteiger partial charge is 0.287 e. The lowest BCUT2D eigenvalue weighted by Gasteiger charge is -2.07. The number of aromatic nitrogens is 1. The van der Waals surface area contributed by atoms with Crippen molar-refractivity contribution in [2.24, 2.45) is 7.05 Å². The van der Waals surface area contributed by atoms with E-state index in [4.69, 9.17) is 0 Å². The van der Waals surface area contributed by atoms with Gasteiger partial charge in [-0.25, -0.2) is 0 Å². The first-order valence-corrected chi connectivity index (χ1v) is 7.36. The predicted molar refractivity (Wildman–Crippen MR) is 82.3 cm³/mol. The van der Waals surface area contributed by atoms with E-state index in [1.807, 2.05) is 24.3 Å². The van der Waals surface area contributed by atoms with Crippen molar-refractivity contribution in [3.8, 4) is 0 Å². The van der Waals surface area contributed by atoms with Gasteiger partial charge in [-0.2, -0.15) is 0 Å². The number of nitrogens with zero attached hydrogens (tertiary/aromatic N) is 2. The number of carbonyl (C=O) groups is 1. The summed E-state index contributed by atoms with van der Waals surface area (Å²) in [5.74, 6) is -0.338. The zero-order valence-corrected chi connectivity index (χ0v) is 13.0. The van der Waals surface area contributed by atoms with Crippen LogP contribution in [0.4, 0.5) is 5.69 Å². The number of hydrogen-bond acceptors (Lipinski definition) is 3. The molecule has 0 atom stereocenters. The van der Waals surface area contributed by atoms with Crippen LogP contribution in [0.15, 0.2) is 36.5 Å². The van der Waals surface area contributed by atoms with Gasteiger partial charge in [0.05, 0.1) is 11.1 Å². The number of halogens is 1. The minimum Gasteiger partial charge on any atom is -0.347 e. The third kappa shape index (κ3) is 3.69. The maximum absolute atomic E-state index is 12.1. The summed E-state index contributed by atoms with van der Waals surface area (Å²) in [4.78, 5) is 22.2. The van der Waals surface area contributed by atoms with Crippen molar-refractivity contribution in [1.29, 1.82) is 0 Å². The quantitative estimate of drug-likeness (QED) is 0.511. The van der Waals surface area contributed by atoms with Crippen LogP contribution in [0.5, 0.6) is 0 Å². The van der Waals surface area contributed by atoms with E-state index in [1.165, 1.54) is 16.8 Å². The molecule has 1 aromatic carbocycles. The van der Waals surface area contributed by atoms with Gasteiger partial charge in [-0.3, -0.25) is 14.9 Å². The number of carbonyl (C=O) groups excluding carboxylic acids is 1. The second kappa shape index (κ2) is 6.53. The summed E-state index contributed by atoms with van der Waals surface area (Å²) in [6.45, 7) is 0.374. The topological polar surface area (TPSA) is 77.2 Å². The predicted octanol–water partition coefficient (Wildman–Crippen LogP) is 2.76. The van der Waals surface area contributed by atoms with Crippen molar-refractivity contribution in [3.05, 3.63) is 63.5 Å². The highest BCUT2D eigenvalue weighted by Crippen LogP contribution is 2.15. The number of nitrogens with one attached hydrogen (secondary N) is 1. The van der Waals surface area contributed by atoms with E-state index >= 15 is 0 Å². The number of benzene rings is 1. The number of alkyl halides is 1. The Morgan fingerprint density at radius 1 is 1.38 bits per heavy atom. The van der Waals surface area contributed by atoms with Gasteiger partial charge in [0.1, 0.15) is 5.69 Å². The van der Waals surface area contributed by atoms with Crippen molar-refractivity contribution in [3.63, 3.8) is 0 Å². The Morgan fingerprint density at radius 3 is 2.71 bits per heavy atom. The molecule has 7 heteroatoms. The lowest BCUT2D eigenvalue weighted by molar-refractivity contribution is -0.384. The van der Waals surface area contributed by atoms with E-state index in [2.05, 4.69) is 21.2 Å². The summed E-state index contributed by atoms with van der Waals surface area (Å²) in [6, 6.07) is 9.08. The van der Waals surface area contributed by atoms with Gasteiger partial charge >= 0.3 is 0 Å². The first-order chi connectivity index (χ1) is 10.0. The van der Waals surface area contributed by atoms with Crippen molar-refractivity contribution >= 4 is 27.5 Å². The molecule has 1 N–H and O–H groups in total. The van der Waals surface area contributed by atoms with Gasteiger partial charge in [-0.15, -0.1) is 0 Å². The maximum atomic E-state index is 12.1. The van der Waals surface area contributed by atoms with E-state index < -0.39 is 4.92 Å². The fourth-order valence-electron chi connectivity index (χ4n) is 1.97. The van der Waals surface area contributed by atoms with Crippen LogP contribution in [0.25, 0.3) is 0 Å². The molecule has 0 spiro atoms. The van der Waals surface area contributed by atoms with Crippen LogP contribution in [0.1, 0.15) is 21.6 Å². The number of nitro groups is 1. The second-order valence-corrected chi connectivity index (χ2v) is 5.15. The van der Waals surface area contributed by atoms with E-state index in [9.17, 15) is 14.9 Å². The van der Waals surface area contributed by atoms with Crippen molar-refractivity contribution in [2.45, 2.75) is 11.9 Å². The van der Waals surface area contributed by atoms with Crippen LogP contribution in [0.2, 0.25) is 0 Å². The Balaban J connectivity index is 2.06. The Hall–Kier alpha value is -2.15. The van der Waals surface area contributed by atoms with Crippen LogP contribution in [-0.4, -0.2) is 15.4 Å². The van der Waals surface area contributed by atoms with E-state index in [1.54, 1.807) is 7.05 Å². The Bertz CT molecular complexity index is 682. The molecule has 2 rings (SSSR count). The molecule has 0 aliphatic rings. The Morgan fingerprint density at radius 2 is 2.10 bits per heavy atom. The SMILES string of the molecule is Cn1cc([N+](=O)[O-])cc1C(=O)NCc1cccc(CBr)c1. The Labute approximate surface area is 130 Å². The zero-order chi connectivity index (χ0) is 15.4. The van der Waals surface area contributed by atoms with Gasteiger partial charge in [0, 0.05) is 25.0 Å². The molecule has 1 amide bonds. The maximum Gasteiger partial charge on any atom is 0.287 e. The largest absolute Gasteiger partial charge is 0.347 e. The second-order valence-electron chi connectivity index (χ2n) is 4.59. The minimum absolute atomic E-state index is 0.0936. The van der Waals surface area contributed by atoms with E-state index in [0.717, 1.165) is 16.5 Å². The van der Waals surface area contributed by atoms with Crippen LogP contribution in [0, 0.1) is 10.1 Å². The molecule has 0 aliphatic heterocycles. The van der Waals surface area contributed by atoms with Gasteiger partial charge in [-0.05, 0) is 11.1 Å². The fraction of sp³-hybridized carbons (Fsp3) is 0.214. The molecule has 1 aromatic heterocycles. The van der Waals surface area contributed by atoms with Crippen molar-refractivity contribution in [1.82, 2.24) is 9.88 Å². The molecule has 0 radical (unpaired) electrons. The standard InChI is InChI=1S/C14H14BrN3O3/c1-17-9-12(18(20)21)6-13(17)14(19)16-8-11-4-2-3-10(5-11)7-15/h2-6,9H,7-8H2,1H3,(H,16,19). The van der Waals surface area contributed by atoms with Crippen molar-refractivity contribution < 1.29 is 9.72 Å². The molecule has 0 saturated heterocycles. The number of amides is 1. The molecular weight excluding hydrogens is 338 g/mol. The average molecular weight is 352 g/mol. The van der Waals surface area contributed by atoms with Gasteiger partial charge in [0.2, 0.25) is 0 Å². The number of hydrogen-bond donors (Lipinski definition) is 1. The molecule has 6 nitrogen and oxygen atoms in total. The summed E-state index contributed by atoms with van der Waals surface area (Å²) in [5.41, 5.74) is 2.27.